The molecule has 8 nitrogen and oxygen atoms in total. The molecule has 0 amide bonds. The molecule has 2 aromatic heterocycles. The van der Waals surface area contributed by atoms with Crippen molar-refractivity contribution in [2.24, 2.45) is 0 Å². The van der Waals surface area contributed by atoms with Gasteiger partial charge in [0, 0.05) is 17.8 Å². The molecule has 8 heteroatoms. The lowest BCUT2D eigenvalue weighted by atomic mass is 10.2. The van der Waals surface area contributed by atoms with Crippen LogP contribution in [0.15, 0.2) is 42.6 Å². The number of aromatic nitrogens is 5. The lowest BCUT2D eigenvalue weighted by molar-refractivity contribution is 0.0687. The highest BCUT2D eigenvalue weighted by Crippen LogP contribution is 2.18. The van der Waals surface area contributed by atoms with Crippen molar-refractivity contribution in [3.63, 3.8) is 0 Å². The highest BCUT2D eigenvalue weighted by atomic mass is 16.5. The molecule has 112 valence electrons. The highest BCUT2D eigenvalue weighted by molar-refractivity contribution is 5.87. The van der Waals surface area contributed by atoms with Crippen LogP contribution in [-0.2, 0) is 0 Å². The number of hydrogen-bond acceptors (Lipinski definition) is 6. The number of aromatic carboxylic acids is 1. The fraction of sp³-hybridized carbons (Fsp3) is 0. The van der Waals surface area contributed by atoms with Crippen LogP contribution in [0.4, 0.5) is 0 Å². The topological polar surface area (TPSA) is 114 Å². The Morgan fingerprint density at radius 2 is 2.00 bits per heavy atom. The van der Waals surface area contributed by atoms with Crippen LogP contribution in [0.3, 0.4) is 0 Å². The number of ether oxygens (including phenoxy) is 1. The molecule has 3 rings (SSSR count). The standard InChI is InChI=1S/C15H9N5O3/c21-15(22)13-14(19-20-18-13)23-12-8-9-16-11(17-12)7-6-10-4-2-1-3-5-10/h1-5,8-9H,(H,21,22)(H,18,19,20). The first-order chi connectivity index (χ1) is 11.2. The Bertz CT molecular complexity index is 896. The normalized spacial score (nSPS) is 9.74. The number of carboxylic acids is 1. The van der Waals surface area contributed by atoms with Gasteiger partial charge < -0.3 is 9.84 Å². The Labute approximate surface area is 130 Å². The highest BCUT2D eigenvalue weighted by Gasteiger charge is 2.17. The molecule has 0 aliphatic carbocycles. The Morgan fingerprint density at radius 3 is 2.78 bits per heavy atom. The second-order valence-corrected chi connectivity index (χ2v) is 4.23. The van der Waals surface area contributed by atoms with Crippen molar-refractivity contribution in [3.05, 3.63) is 59.7 Å². The number of nitrogens with one attached hydrogen (secondary N) is 1. The molecule has 0 aliphatic rings. The van der Waals surface area contributed by atoms with Gasteiger partial charge in [-0.25, -0.2) is 14.9 Å². The third kappa shape index (κ3) is 3.48. The average Bonchev–Trinajstić information content (AvgIpc) is 3.03. The van der Waals surface area contributed by atoms with Crippen LogP contribution in [0.5, 0.6) is 11.8 Å². The molecule has 0 fully saturated rings. The number of nitrogens with zero attached hydrogens (tertiary/aromatic N) is 4. The number of aromatic amines is 1. The first-order valence-corrected chi connectivity index (χ1v) is 6.44. The first kappa shape index (κ1) is 14.2. The summed E-state index contributed by atoms with van der Waals surface area (Å²) in [4.78, 5) is 19.0. The SMILES string of the molecule is O=C(O)c1nn[nH]c1Oc1ccnc(C#Cc2ccccc2)n1. The first-order valence-electron chi connectivity index (χ1n) is 6.44. The summed E-state index contributed by atoms with van der Waals surface area (Å²) in [7, 11) is 0. The van der Waals surface area contributed by atoms with Crippen molar-refractivity contribution >= 4 is 5.97 Å². The van der Waals surface area contributed by atoms with E-state index in [1.54, 1.807) is 0 Å². The smallest absolute Gasteiger partial charge is 0.362 e. The van der Waals surface area contributed by atoms with E-state index in [9.17, 15) is 4.79 Å². The van der Waals surface area contributed by atoms with Crippen LogP contribution < -0.4 is 4.74 Å². The van der Waals surface area contributed by atoms with Crippen molar-refractivity contribution in [2.45, 2.75) is 0 Å². The van der Waals surface area contributed by atoms with E-state index in [0.717, 1.165) is 5.56 Å². The number of benzene rings is 1. The van der Waals surface area contributed by atoms with Gasteiger partial charge in [-0.2, -0.15) is 4.98 Å². The maximum absolute atomic E-state index is 10.9. The maximum atomic E-state index is 10.9. The average molecular weight is 307 g/mol. The number of H-pyrrole nitrogens is 1. The largest absolute Gasteiger partial charge is 0.476 e. The molecule has 0 atom stereocenters. The molecule has 2 N–H and O–H groups in total. The Morgan fingerprint density at radius 1 is 1.17 bits per heavy atom. The molecule has 0 saturated heterocycles. The third-order valence-electron chi connectivity index (χ3n) is 2.65. The van der Waals surface area contributed by atoms with Crippen molar-refractivity contribution < 1.29 is 14.6 Å². The van der Waals surface area contributed by atoms with Gasteiger partial charge in [-0.1, -0.05) is 29.3 Å². The molecular formula is C15H9N5O3. The summed E-state index contributed by atoms with van der Waals surface area (Å²) in [5.41, 5.74) is 0.494. The van der Waals surface area contributed by atoms with E-state index in [0.29, 0.717) is 0 Å². The minimum atomic E-state index is -1.26. The zero-order chi connectivity index (χ0) is 16.1. The quantitative estimate of drug-likeness (QED) is 0.704. The predicted octanol–water partition coefficient (Wildman–Crippen LogP) is 1.48. The number of carbonyl (C=O) groups is 1. The minimum absolute atomic E-state index is 0.113. The van der Waals surface area contributed by atoms with E-state index in [1.807, 2.05) is 30.3 Å². The van der Waals surface area contributed by atoms with Gasteiger partial charge in [-0.05, 0) is 18.1 Å². The van der Waals surface area contributed by atoms with E-state index >= 15 is 0 Å². The van der Waals surface area contributed by atoms with E-state index < -0.39 is 5.97 Å². The second kappa shape index (κ2) is 6.36. The molecule has 0 spiro atoms. The van der Waals surface area contributed by atoms with E-state index in [2.05, 4.69) is 37.2 Å². The zero-order valence-electron chi connectivity index (χ0n) is 11.6. The Balaban J connectivity index is 1.82. The molecule has 0 saturated carbocycles. The van der Waals surface area contributed by atoms with Crippen LogP contribution in [0, 0.1) is 11.8 Å². The maximum Gasteiger partial charge on any atom is 0.362 e. The summed E-state index contributed by atoms with van der Waals surface area (Å²) in [6.45, 7) is 0. The number of rotatable bonds is 3. The van der Waals surface area contributed by atoms with Crippen molar-refractivity contribution in [1.29, 1.82) is 0 Å². The van der Waals surface area contributed by atoms with Crippen LogP contribution in [-0.4, -0.2) is 36.5 Å². The number of carboxylic acid groups (broad SMARTS) is 1. The Kier molecular flexibility index (Phi) is 3.93. The van der Waals surface area contributed by atoms with E-state index in [1.165, 1.54) is 12.3 Å². The van der Waals surface area contributed by atoms with Gasteiger partial charge in [0.2, 0.25) is 17.4 Å². The molecule has 0 aliphatic heterocycles. The van der Waals surface area contributed by atoms with Gasteiger partial charge in [0.15, 0.2) is 0 Å². The van der Waals surface area contributed by atoms with Gasteiger partial charge >= 0.3 is 5.97 Å². The van der Waals surface area contributed by atoms with Crippen LogP contribution in [0.1, 0.15) is 21.9 Å². The van der Waals surface area contributed by atoms with Gasteiger partial charge in [-0.15, -0.1) is 5.10 Å². The van der Waals surface area contributed by atoms with Gasteiger partial charge in [0.1, 0.15) is 0 Å². The molecule has 0 unspecified atom stereocenters. The van der Waals surface area contributed by atoms with Crippen LogP contribution >= 0.6 is 0 Å². The predicted molar refractivity (Wildman–Crippen MR) is 77.9 cm³/mol. The minimum Gasteiger partial charge on any atom is -0.476 e. The molecule has 0 bridgehead atoms. The summed E-state index contributed by atoms with van der Waals surface area (Å²) in [5.74, 6) is 4.73. The van der Waals surface area contributed by atoms with E-state index in [-0.39, 0.29) is 23.3 Å². The van der Waals surface area contributed by atoms with Crippen molar-refractivity contribution in [2.75, 3.05) is 0 Å². The molecule has 1 aromatic carbocycles. The zero-order valence-corrected chi connectivity index (χ0v) is 11.6. The molecule has 0 radical (unpaired) electrons. The van der Waals surface area contributed by atoms with Crippen LogP contribution in [0.25, 0.3) is 0 Å². The van der Waals surface area contributed by atoms with Gasteiger partial charge in [-0.3, -0.25) is 0 Å². The van der Waals surface area contributed by atoms with Crippen molar-refractivity contribution in [1.82, 2.24) is 25.4 Å². The second-order valence-electron chi connectivity index (χ2n) is 4.23. The molecular weight excluding hydrogens is 298 g/mol. The Hall–Kier alpha value is -3.73. The van der Waals surface area contributed by atoms with Gasteiger partial charge in [0.05, 0.1) is 0 Å². The molecule has 2 heterocycles. The van der Waals surface area contributed by atoms with Crippen molar-refractivity contribution in [3.8, 4) is 23.6 Å². The summed E-state index contributed by atoms with van der Waals surface area (Å²) >= 11 is 0. The molecule has 3 aromatic rings. The fourth-order valence-electron chi connectivity index (χ4n) is 1.64. The van der Waals surface area contributed by atoms with E-state index in [4.69, 9.17) is 9.84 Å². The van der Waals surface area contributed by atoms with Crippen LogP contribution in [0.2, 0.25) is 0 Å². The third-order valence-corrected chi connectivity index (χ3v) is 2.65. The fourth-order valence-corrected chi connectivity index (χ4v) is 1.64. The number of hydrogen-bond donors (Lipinski definition) is 2. The summed E-state index contributed by atoms with van der Waals surface area (Å²) in [6, 6.07) is 10.9. The summed E-state index contributed by atoms with van der Waals surface area (Å²) in [5, 5.41) is 18.1. The lowest BCUT2D eigenvalue weighted by Gasteiger charge is -2.01. The summed E-state index contributed by atoms with van der Waals surface area (Å²) in [6.07, 6.45) is 1.46. The van der Waals surface area contributed by atoms with Gasteiger partial charge in [0.25, 0.3) is 5.88 Å². The summed E-state index contributed by atoms with van der Waals surface area (Å²) < 4.78 is 5.32. The monoisotopic (exact) mass is 307 g/mol. The molecule has 23 heavy (non-hydrogen) atoms. The lowest BCUT2D eigenvalue weighted by Crippen LogP contribution is -2.01.